The average molecular weight is 364 g/mol. The van der Waals surface area contributed by atoms with Gasteiger partial charge in [-0.05, 0) is 18.6 Å². The maximum absolute atomic E-state index is 12.2. The van der Waals surface area contributed by atoms with Gasteiger partial charge in [-0.25, -0.2) is 10.4 Å². The number of aryl methyl sites for hydroxylation is 1. The first-order valence-corrected chi connectivity index (χ1v) is 8.24. The normalized spacial score (nSPS) is 10.7. The molecule has 134 valence electrons. The van der Waals surface area contributed by atoms with Gasteiger partial charge in [0.1, 0.15) is 4.88 Å². The van der Waals surface area contributed by atoms with Crippen LogP contribution in [0.15, 0.2) is 17.2 Å². The molecule has 0 aliphatic rings. The van der Waals surface area contributed by atoms with Crippen LogP contribution in [0.1, 0.15) is 27.9 Å². The molecule has 0 radical (unpaired) electrons. The number of nitrogens with one attached hydrogen (secondary N) is 1. The fraction of sp³-hybridized carbons (Fsp3) is 0.312. The zero-order chi connectivity index (χ0) is 18.4. The SMILES string of the molecule is CCc1nc(N)sc1C(=O)N/N=C/c1cc(OC)c(OC)c(OC)c1. The van der Waals surface area contributed by atoms with Crippen LogP contribution in [-0.4, -0.2) is 38.4 Å². The molecule has 0 saturated heterocycles. The number of anilines is 1. The van der Waals surface area contributed by atoms with Gasteiger partial charge in [0, 0.05) is 5.56 Å². The number of nitrogens with zero attached hydrogens (tertiary/aromatic N) is 2. The van der Waals surface area contributed by atoms with Crippen LogP contribution in [0.5, 0.6) is 17.2 Å². The Hall–Kier alpha value is -2.81. The van der Waals surface area contributed by atoms with E-state index in [1.54, 1.807) is 12.1 Å². The summed E-state index contributed by atoms with van der Waals surface area (Å²) in [7, 11) is 4.58. The fourth-order valence-electron chi connectivity index (χ4n) is 2.18. The Bertz CT molecular complexity index is 763. The zero-order valence-corrected chi connectivity index (χ0v) is 15.3. The summed E-state index contributed by atoms with van der Waals surface area (Å²) in [6, 6.07) is 3.44. The van der Waals surface area contributed by atoms with E-state index in [9.17, 15) is 4.79 Å². The molecule has 2 aromatic rings. The number of carbonyl (C=O) groups is 1. The largest absolute Gasteiger partial charge is 0.493 e. The number of aromatic nitrogens is 1. The second kappa shape index (κ2) is 8.34. The summed E-state index contributed by atoms with van der Waals surface area (Å²) in [5.41, 5.74) is 9.46. The highest BCUT2D eigenvalue weighted by Crippen LogP contribution is 2.37. The Morgan fingerprint density at radius 3 is 2.44 bits per heavy atom. The van der Waals surface area contributed by atoms with Crippen LogP contribution < -0.4 is 25.4 Å². The highest BCUT2D eigenvalue weighted by molar-refractivity contribution is 7.17. The Labute approximate surface area is 149 Å². The summed E-state index contributed by atoms with van der Waals surface area (Å²) in [4.78, 5) is 16.8. The van der Waals surface area contributed by atoms with Crippen molar-refractivity contribution in [2.75, 3.05) is 27.1 Å². The van der Waals surface area contributed by atoms with E-state index in [-0.39, 0.29) is 5.91 Å². The molecule has 0 spiro atoms. The van der Waals surface area contributed by atoms with Crippen molar-refractivity contribution in [2.24, 2.45) is 5.10 Å². The van der Waals surface area contributed by atoms with Crippen molar-refractivity contribution in [1.29, 1.82) is 0 Å². The average Bonchev–Trinajstić information content (AvgIpc) is 3.01. The lowest BCUT2D eigenvalue weighted by atomic mass is 10.2. The Morgan fingerprint density at radius 2 is 1.92 bits per heavy atom. The van der Waals surface area contributed by atoms with Gasteiger partial charge < -0.3 is 19.9 Å². The van der Waals surface area contributed by atoms with E-state index in [4.69, 9.17) is 19.9 Å². The summed E-state index contributed by atoms with van der Waals surface area (Å²) in [6.45, 7) is 1.91. The smallest absolute Gasteiger partial charge is 0.283 e. The molecule has 0 aliphatic heterocycles. The van der Waals surface area contributed by atoms with Crippen LogP contribution in [0.3, 0.4) is 0 Å². The molecule has 1 amide bonds. The van der Waals surface area contributed by atoms with Crippen molar-refractivity contribution >= 4 is 28.6 Å². The van der Waals surface area contributed by atoms with Gasteiger partial charge in [0.05, 0.1) is 33.2 Å². The van der Waals surface area contributed by atoms with Crippen molar-refractivity contribution in [1.82, 2.24) is 10.4 Å². The number of hydrogen-bond acceptors (Lipinski definition) is 8. The molecular formula is C16H20N4O4S. The van der Waals surface area contributed by atoms with Gasteiger partial charge in [-0.3, -0.25) is 4.79 Å². The van der Waals surface area contributed by atoms with E-state index < -0.39 is 0 Å². The number of amides is 1. The van der Waals surface area contributed by atoms with Crippen molar-refractivity contribution in [3.63, 3.8) is 0 Å². The van der Waals surface area contributed by atoms with Crippen LogP contribution in [0.25, 0.3) is 0 Å². The van der Waals surface area contributed by atoms with Gasteiger partial charge in [-0.2, -0.15) is 5.10 Å². The first-order valence-electron chi connectivity index (χ1n) is 7.42. The van der Waals surface area contributed by atoms with Crippen molar-refractivity contribution in [3.8, 4) is 17.2 Å². The van der Waals surface area contributed by atoms with Gasteiger partial charge in [-0.1, -0.05) is 18.3 Å². The molecule has 0 unspecified atom stereocenters. The molecular weight excluding hydrogens is 344 g/mol. The first-order chi connectivity index (χ1) is 12.0. The van der Waals surface area contributed by atoms with E-state index in [1.807, 2.05) is 6.92 Å². The van der Waals surface area contributed by atoms with Gasteiger partial charge in [0.15, 0.2) is 16.6 Å². The van der Waals surface area contributed by atoms with E-state index in [1.165, 1.54) is 27.5 Å². The third-order valence-electron chi connectivity index (χ3n) is 3.32. The van der Waals surface area contributed by atoms with Crippen molar-refractivity contribution < 1.29 is 19.0 Å². The van der Waals surface area contributed by atoms with Gasteiger partial charge in [-0.15, -0.1) is 0 Å². The van der Waals surface area contributed by atoms with Gasteiger partial charge >= 0.3 is 0 Å². The minimum absolute atomic E-state index is 0.352. The molecule has 0 bridgehead atoms. The van der Waals surface area contributed by atoms with E-state index in [2.05, 4.69) is 15.5 Å². The zero-order valence-electron chi connectivity index (χ0n) is 14.5. The van der Waals surface area contributed by atoms with Crippen LogP contribution in [0, 0.1) is 0 Å². The lowest BCUT2D eigenvalue weighted by Gasteiger charge is -2.12. The fourth-order valence-corrected chi connectivity index (χ4v) is 2.99. The summed E-state index contributed by atoms with van der Waals surface area (Å²) in [5, 5.41) is 4.33. The minimum atomic E-state index is -0.352. The summed E-state index contributed by atoms with van der Waals surface area (Å²) < 4.78 is 15.8. The number of thiazole rings is 1. The molecule has 25 heavy (non-hydrogen) atoms. The number of hydrazone groups is 1. The molecule has 1 aromatic carbocycles. The second-order valence-electron chi connectivity index (χ2n) is 4.84. The Morgan fingerprint density at radius 1 is 1.28 bits per heavy atom. The third kappa shape index (κ3) is 4.18. The number of ether oxygens (including phenoxy) is 3. The molecule has 9 heteroatoms. The molecule has 3 N–H and O–H groups in total. The number of benzene rings is 1. The molecule has 0 atom stereocenters. The highest BCUT2D eigenvalue weighted by atomic mass is 32.1. The lowest BCUT2D eigenvalue weighted by molar-refractivity contribution is 0.0958. The second-order valence-corrected chi connectivity index (χ2v) is 5.87. The van der Waals surface area contributed by atoms with E-state index in [0.29, 0.717) is 44.9 Å². The molecule has 8 nitrogen and oxygen atoms in total. The maximum atomic E-state index is 12.2. The molecule has 0 fully saturated rings. The van der Waals surface area contributed by atoms with Crippen LogP contribution in [-0.2, 0) is 6.42 Å². The van der Waals surface area contributed by atoms with Gasteiger partial charge in [0.2, 0.25) is 5.75 Å². The molecule has 2 rings (SSSR count). The minimum Gasteiger partial charge on any atom is -0.493 e. The van der Waals surface area contributed by atoms with E-state index >= 15 is 0 Å². The van der Waals surface area contributed by atoms with Crippen LogP contribution in [0.4, 0.5) is 5.13 Å². The van der Waals surface area contributed by atoms with Crippen LogP contribution in [0.2, 0.25) is 0 Å². The molecule has 0 saturated carbocycles. The van der Waals surface area contributed by atoms with Crippen molar-refractivity contribution in [2.45, 2.75) is 13.3 Å². The van der Waals surface area contributed by atoms with Gasteiger partial charge in [0.25, 0.3) is 5.91 Å². The summed E-state index contributed by atoms with van der Waals surface area (Å²) in [6.07, 6.45) is 2.10. The Balaban J connectivity index is 2.17. The van der Waals surface area contributed by atoms with Crippen molar-refractivity contribution in [3.05, 3.63) is 28.3 Å². The lowest BCUT2D eigenvalue weighted by Crippen LogP contribution is -2.17. The number of hydrogen-bond donors (Lipinski definition) is 2. The molecule has 1 heterocycles. The number of nitrogens with two attached hydrogens (primary N) is 1. The summed E-state index contributed by atoms with van der Waals surface area (Å²) in [5.74, 6) is 1.13. The maximum Gasteiger partial charge on any atom is 0.283 e. The highest BCUT2D eigenvalue weighted by Gasteiger charge is 2.15. The monoisotopic (exact) mass is 364 g/mol. The quantitative estimate of drug-likeness (QED) is 0.575. The summed E-state index contributed by atoms with van der Waals surface area (Å²) >= 11 is 1.13. The standard InChI is InChI=1S/C16H20N4O4S/c1-5-10-14(25-16(17)19-10)15(21)20-18-8-9-6-11(22-2)13(24-4)12(7-9)23-3/h6-8H,5H2,1-4H3,(H2,17,19)(H,20,21)/b18-8+. The number of carbonyl (C=O) groups excluding carboxylic acids is 1. The predicted molar refractivity (Wildman–Crippen MR) is 97.1 cm³/mol. The number of nitrogen functional groups attached to an aromatic ring is 1. The van der Waals surface area contributed by atoms with E-state index in [0.717, 1.165) is 11.3 Å². The topological polar surface area (TPSA) is 108 Å². The Kier molecular flexibility index (Phi) is 6.18. The molecule has 0 aliphatic carbocycles. The number of methoxy groups -OCH3 is 3. The predicted octanol–water partition coefficient (Wildman–Crippen LogP) is 2.08. The van der Waals surface area contributed by atoms with Crippen LogP contribution >= 0.6 is 11.3 Å². The third-order valence-corrected chi connectivity index (χ3v) is 4.25. The first kappa shape index (κ1) is 18.5. The molecule has 1 aromatic heterocycles. The number of rotatable bonds is 7.